The fraction of sp³-hybridized carbons (Fsp3) is 0.553. The van der Waals surface area contributed by atoms with Gasteiger partial charge in [-0.1, -0.05) is 68.5 Å². The molecule has 17 nitrogen and oxygen atoms in total. The van der Waals surface area contributed by atoms with Gasteiger partial charge in [-0.15, -0.1) is 0 Å². The molecule has 9 N–H and O–H groups in total. The summed E-state index contributed by atoms with van der Waals surface area (Å²) in [5, 5.41) is 26.8. The molecular formula is C47H66N10O7. The van der Waals surface area contributed by atoms with Crippen molar-refractivity contribution >= 4 is 58.2 Å². The van der Waals surface area contributed by atoms with Crippen LogP contribution in [0.4, 0.5) is 10.5 Å². The van der Waals surface area contributed by atoms with Crippen LogP contribution in [0.3, 0.4) is 0 Å². The maximum atomic E-state index is 14.7. The van der Waals surface area contributed by atoms with Crippen LogP contribution in [0.1, 0.15) is 103 Å². The number of amides is 5. The van der Waals surface area contributed by atoms with Crippen LogP contribution in [0.2, 0.25) is 0 Å². The average molecular weight is 883 g/mol. The summed E-state index contributed by atoms with van der Waals surface area (Å²) in [6, 6.07) is 11.4. The molecule has 2 aliphatic heterocycles. The highest BCUT2D eigenvalue weighted by Gasteiger charge is 2.39. The third-order valence-corrected chi connectivity index (χ3v) is 12.2. The highest BCUT2D eigenvalue weighted by Crippen LogP contribution is 2.29. The standard InChI is InChI=1S/C47H66N10O7/c1-47(2,3)64-46(63)57-29-31(33-19-10-11-22-38(33)57)28-37-42(60)53-35(21-13-25-51-45(49)52-32-17-8-5-9-18-32)40(58)50-24-12-20-34(48)44(62)56-26-14-23-39(56)43(61)55-36(41(59)54-37)27-30-15-6-4-7-16-30/h5,8-11,17-19,22,29-30,34-37,39H,4,6-7,12-16,20-21,23-28,48H2,1-3H3,(H,50,58)(H,53,60)(H,54,59)(H,55,61)(H3,49,51,52)/t34-,35-,36+,37-,39-/m0/s1. The second-order valence-corrected chi connectivity index (χ2v) is 18.3. The summed E-state index contributed by atoms with van der Waals surface area (Å²) in [4.78, 5) is 86.0. The molecular weight excluding hydrogens is 817 g/mol. The molecule has 0 unspecified atom stereocenters. The SMILES string of the molecule is CC(C)(C)OC(=O)n1cc(C[C@@H]2NC(=O)[C@@H](CC3CCCCC3)NC(=O)[C@@H]3CCCN3C(=O)[C@@H](N)CCCNC(=O)[C@H](CCCNC(=N)Nc3ccccc3)NC2=O)c2ccccc21. The Bertz CT molecular complexity index is 2130. The molecule has 6 rings (SSSR count). The minimum Gasteiger partial charge on any atom is -0.443 e. The van der Waals surface area contributed by atoms with E-state index in [0.29, 0.717) is 61.7 Å². The van der Waals surface area contributed by atoms with Gasteiger partial charge in [-0.05, 0) is 95.4 Å². The number of nitrogens with zero attached hydrogens (tertiary/aromatic N) is 2. The highest BCUT2D eigenvalue weighted by atomic mass is 16.6. The summed E-state index contributed by atoms with van der Waals surface area (Å²) in [5.41, 5.74) is 7.46. The van der Waals surface area contributed by atoms with Crippen molar-refractivity contribution in [3.8, 4) is 0 Å². The van der Waals surface area contributed by atoms with Crippen molar-refractivity contribution in [1.29, 1.82) is 5.41 Å². The second kappa shape index (κ2) is 22.1. The van der Waals surface area contributed by atoms with Gasteiger partial charge in [0.05, 0.1) is 11.6 Å². The number of anilines is 1. The first-order valence-electron chi connectivity index (χ1n) is 22.9. The molecule has 1 aromatic heterocycles. The fourth-order valence-electron chi connectivity index (χ4n) is 8.90. The Morgan fingerprint density at radius 2 is 1.50 bits per heavy atom. The summed E-state index contributed by atoms with van der Waals surface area (Å²) in [6.07, 6.45) is 8.37. The van der Waals surface area contributed by atoms with Crippen LogP contribution in [-0.2, 0) is 35.1 Å². The molecule has 2 saturated heterocycles. The number of carbonyl (C=O) groups is 6. The normalized spacial score (nSPS) is 23.5. The molecule has 1 aliphatic carbocycles. The molecule has 3 heterocycles. The third kappa shape index (κ3) is 13.0. The number of benzene rings is 2. The van der Waals surface area contributed by atoms with Crippen LogP contribution in [0.25, 0.3) is 10.9 Å². The van der Waals surface area contributed by atoms with Gasteiger partial charge < -0.3 is 47.3 Å². The van der Waals surface area contributed by atoms with Crippen LogP contribution in [0, 0.1) is 11.3 Å². The van der Waals surface area contributed by atoms with Crippen LogP contribution in [-0.4, -0.2) is 107 Å². The van der Waals surface area contributed by atoms with Crippen molar-refractivity contribution < 1.29 is 33.5 Å². The van der Waals surface area contributed by atoms with E-state index in [-0.39, 0.29) is 43.6 Å². The summed E-state index contributed by atoms with van der Waals surface area (Å²) in [6.45, 7) is 6.15. The van der Waals surface area contributed by atoms with E-state index in [2.05, 4.69) is 31.9 Å². The number of guanidine groups is 1. The molecule has 3 aromatic rings. The Morgan fingerprint density at radius 1 is 0.812 bits per heavy atom. The summed E-state index contributed by atoms with van der Waals surface area (Å²) in [5.74, 6) is -2.23. The topological polar surface area (TPSA) is 242 Å². The molecule has 5 atom stereocenters. The second-order valence-electron chi connectivity index (χ2n) is 18.3. The van der Waals surface area contributed by atoms with Gasteiger partial charge in [0.25, 0.3) is 0 Å². The predicted octanol–water partition coefficient (Wildman–Crippen LogP) is 4.04. The van der Waals surface area contributed by atoms with Gasteiger partial charge in [0, 0.05) is 43.3 Å². The maximum Gasteiger partial charge on any atom is 0.419 e. The zero-order valence-electron chi connectivity index (χ0n) is 37.4. The minimum atomic E-state index is -1.26. The lowest BCUT2D eigenvalue weighted by Gasteiger charge is -2.31. The Balaban J connectivity index is 1.31. The number of fused-ring (bicyclic) bond motifs is 2. The Hall–Kier alpha value is -5.97. The van der Waals surface area contributed by atoms with Gasteiger partial charge in [0.2, 0.25) is 29.5 Å². The molecule has 346 valence electrons. The Labute approximate surface area is 375 Å². The summed E-state index contributed by atoms with van der Waals surface area (Å²) in [7, 11) is 0. The van der Waals surface area contributed by atoms with E-state index in [4.69, 9.17) is 15.9 Å². The molecule has 0 bridgehead atoms. The van der Waals surface area contributed by atoms with Crippen molar-refractivity contribution in [3.05, 3.63) is 66.4 Å². The number of hydrogen-bond acceptors (Lipinski definition) is 9. The van der Waals surface area contributed by atoms with Crippen molar-refractivity contribution in [2.45, 2.75) is 140 Å². The first-order valence-corrected chi connectivity index (χ1v) is 22.9. The number of hydrogen-bond donors (Lipinski definition) is 8. The number of nitrogens with two attached hydrogens (primary N) is 1. The third-order valence-electron chi connectivity index (χ3n) is 12.2. The van der Waals surface area contributed by atoms with Gasteiger partial charge in [-0.25, -0.2) is 4.79 Å². The first kappa shape index (κ1) is 47.5. The molecule has 2 aromatic carbocycles. The van der Waals surface area contributed by atoms with Crippen molar-refractivity contribution in [2.75, 3.05) is 25.0 Å². The first-order chi connectivity index (χ1) is 30.7. The predicted molar refractivity (Wildman–Crippen MR) is 244 cm³/mol. The zero-order chi connectivity index (χ0) is 45.8. The van der Waals surface area contributed by atoms with Gasteiger partial charge >= 0.3 is 6.09 Å². The van der Waals surface area contributed by atoms with Crippen LogP contribution < -0.4 is 37.6 Å². The Kier molecular flexibility index (Phi) is 16.4. The largest absolute Gasteiger partial charge is 0.443 e. The molecule has 1 saturated carbocycles. The quantitative estimate of drug-likeness (QED) is 0.0872. The molecule has 64 heavy (non-hydrogen) atoms. The number of ether oxygens (including phenoxy) is 1. The lowest BCUT2D eigenvalue weighted by Crippen LogP contribution is -2.59. The van der Waals surface area contributed by atoms with Crippen molar-refractivity contribution in [2.24, 2.45) is 11.7 Å². The van der Waals surface area contributed by atoms with E-state index in [9.17, 15) is 28.8 Å². The van der Waals surface area contributed by atoms with E-state index in [1.165, 1.54) is 9.47 Å². The van der Waals surface area contributed by atoms with E-state index in [0.717, 1.165) is 37.8 Å². The molecule has 0 radical (unpaired) electrons. The fourth-order valence-corrected chi connectivity index (χ4v) is 8.90. The van der Waals surface area contributed by atoms with Crippen LogP contribution >= 0.6 is 0 Å². The van der Waals surface area contributed by atoms with Gasteiger partial charge in [-0.2, -0.15) is 0 Å². The smallest absolute Gasteiger partial charge is 0.419 e. The molecule has 3 fully saturated rings. The lowest BCUT2D eigenvalue weighted by atomic mass is 9.84. The number of rotatable bonds is 9. The molecule has 17 heteroatoms. The van der Waals surface area contributed by atoms with Gasteiger partial charge in [-0.3, -0.25) is 33.9 Å². The number of para-hydroxylation sites is 2. The number of nitrogens with one attached hydrogen (secondary N) is 7. The highest BCUT2D eigenvalue weighted by molar-refractivity contribution is 5.97. The molecule has 5 amide bonds. The molecule has 3 aliphatic rings. The van der Waals surface area contributed by atoms with E-state index in [1.54, 1.807) is 39.1 Å². The lowest BCUT2D eigenvalue weighted by molar-refractivity contribution is -0.140. The average Bonchev–Trinajstić information content (AvgIpc) is 3.91. The van der Waals surface area contributed by atoms with Crippen LogP contribution in [0.15, 0.2) is 60.8 Å². The Morgan fingerprint density at radius 3 is 2.25 bits per heavy atom. The van der Waals surface area contributed by atoms with Crippen molar-refractivity contribution in [3.63, 3.8) is 0 Å². The number of carbonyl (C=O) groups excluding carboxylic acids is 6. The number of aromatic nitrogens is 1. The van der Waals surface area contributed by atoms with Crippen molar-refractivity contribution in [1.82, 2.24) is 36.1 Å². The summed E-state index contributed by atoms with van der Waals surface area (Å²) < 4.78 is 7.10. The van der Waals surface area contributed by atoms with Gasteiger partial charge in [0.15, 0.2) is 5.96 Å². The van der Waals surface area contributed by atoms with E-state index in [1.807, 2.05) is 42.5 Å². The van der Waals surface area contributed by atoms with Crippen LogP contribution in [0.5, 0.6) is 0 Å². The minimum absolute atomic E-state index is 0.0683. The zero-order valence-corrected chi connectivity index (χ0v) is 37.4. The molecule has 0 spiro atoms. The monoisotopic (exact) mass is 883 g/mol. The van der Waals surface area contributed by atoms with Gasteiger partial charge in [0.1, 0.15) is 29.8 Å². The van der Waals surface area contributed by atoms with E-state index < -0.39 is 65.5 Å². The maximum absolute atomic E-state index is 14.7. The van der Waals surface area contributed by atoms with E-state index >= 15 is 0 Å². The summed E-state index contributed by atoms with van der Waals surface area (Å²) >= 11 is 0.